The van der Waals surface area contributed by atoms with E-state index in [9.17, 15) is 9.59 Å². The minimum absolute atomic E-state index is 0.00423. The Balaban J connectivity index is 1.82. The predicted molar refractivity (Wildman–Crippen MR) is 105 cm³/mol. The number of thiazole rings is 1. The van der Waals surface area contributed by atoms with Crippen molar-refractivity contribution in [1.82, 2.24) is 15.2 Å². The Labute approximate surface area is 158 Å². The molecule has 0 aliphatic heterocycles. The minimum Gasteiger partial charge on any atom is -0.353 e. The molecule has 2 aromatic rings. The number of nitrogens with zero attached hydrogens (tertiary/aromatic N) is 2. The Morgan fingerprint density at radius 2 is 1.88 bits per heavy atom. The molecule has 0 unspecified atom stereocenters. The first-order valence-corrected chi connectivity index (χ1v) is 9.47. The third-order valence-corrected chi connectivity index (χ3v) is 4.44. The van der Waals surface area contributed by atoms with E-state index in [1.807, 2.05) is 62.4 Å². The van der Waals surface area contributed by atoms with Gasteiger partial charge in [0.2, 0.25) is 11.8 Å². The number of rotatable bonds is 8. The zero-order chi connectivity index (χ0) is 19.1. The summed E-state index contributed by atoms with van der Waals surface area (Å²) in [6.07, 6.45) is 0.246. The number of anilines is 1. The van der Waals surface area contributed by atoms with E-state index in [1.165, 1.54) is 11.3 Å². The first-order chi connectivity index (χ1) is 12.3. The first kappa shape index (κ1) is 20.1. The number of amides is 2. The lowest BCUT2D eigenvalue weighted by Gasteiger charge is -2.16. The summed E-state index contributed by atoms with van der Waals surface area (Å²) in [4.78, 5) is 30.3. The second kappa shape index (κ2) is 9.45. The molecule has 7 heteroatoms. The molecule has 6 nitrogen and oxygen atoms in total. The lowest BCUT2D eigenvalue weighted by Crippen LogP contribution is -2.38. The van der Waals surface area contributed by atoms with E-state index < -0.39 is 0 Å². The Bertz CT molecular complexity index is 740. The van der Waals surface area contributed by atoms with Gasteiger partial charge in [0, 0.05) is 23.7 Å². The van der Waals surface area contributed by atoms with Crippen molar-refractivity contribution >= 4 is 28.8 Å². The van der Waals surface area contributed by atoms with Crippen molar-refractivity contribution in [1.29, 1.82) is 0 Å². The summed E-state index contributed by atoms with van der Waals surface area (Å²) >= 11 is 1.46. The van der Waals surface area contributed by atoms with Crippen molar-refractivity contribution in [2.24, 2.45) is 0 Å². The van der Waals surface area contributed by atoms with Gasteiger partial charge in [-0.15, -0.1) is 11.3 Å². The van der Waals surface area contributed by atoms with Gasteiger partial charge in [-0.3, -0.25) is 14.5 Å². The highest BCUT2D eigenvalue weighted by molar-refractivity contribution is 7.09. The number of carbonyl (C=O) groups is 2. The highest BCUT2D eigenvalue weighted by Gasteiger charge is 2.12. The van der Waals surface area contributed by atoms with E-state index in [2.05, 4.69) is 15.6 Å². The van der Waals surface area contributed by atoms with Crippen LogP contribution in [0.4, 0.5) is 5.69 Å². The standard InChI is InChI=1S/C19H26N4O2S/c1-13(2)20-18(25)11-23(4)10-16-12-26-19(22-16)9-17(24)21-15-7-5-14(3)6-8-15/h5-8,12-13H,9-11H2,1-4H3,(H,20,25)(H,21,24). The smallest absolute Gasteiger partial charge is 0.234 e. The summed E-state index contributed by atoms with van der Waals surface area (Å²) in [5.74, 6) is -0.0881. The topological polar surface area (TPSA) is 74.3 Å². The van der Waals surface area contributed by atoms with Crippen LogP contribution in [0, 0.1) is 6.92 Å². The normalized spacial score (nSPS) is 11.0. The molecule has 140 valence electrons. The number of hydrogen-bond donors (Lipinski definition) is 2. The zero-order valence-electron chi connectivity index (χ0n) is 15.7. The fourth-order valence-corrected chi connectivity index (χ4v) is 3.21. The van der Waals surface area contributed by atoms with E-state index >= 15 is 0 Å². The van der Waals surface area contributed by atoms with Gasteiger partial charge >= 0.3 is 0 Å². The molecule has 26 heavy (non-hydrogen) atoms. The van der Waals surface area contributed by atoms with Crippen molar-refractivity contribution in [2.45, 2.75) is 39.8 Å². The third kappa shape index (κ3) is 6.93. The van der Waals surface area contributed by atoms with Crippen LogP contribution in [-0.2, 0) is 22.6 Å². The lowest BCUT2D eigenvalue weighted by atomic mass is 10.2. The lowest BCUT2D eigenvalue weighted by molar-refractivity contribution is -0.122. The summed E-state index contributed by atoms with van der Waals surface area (Å²) in [5, 5.41) is 8.45. The van der Waals surface area contributed by atoms with Gasteiger partial charge in [0.25, 0.3) is 0 Å². The van der Waals surface area contributed by atoms with Gasteiger partial charge < -0.3 is 10.6 Å². The maximum Gasteiger partial charge on any atom is 0.234 e. The molecule has 0 atom stereocenters. The second-order valence-corrected chi connectivity index (χ2v) is 7.66. The minimum atomic E-state index is -0.0839. The molecule has 0 aliphatic rings. The molecule has 1 aromatic carbocycles. The van der Waals surface area contributed by atoms with E-state index in [0.717, 1.165) is 22.0 Å². The highest BCUT2D eigenvalue weighted by Crippen LogP contribution is 2.14. The number of likely N-dealkylation sites (N-methyl/N-ethyl adjacent to an activating group) is 1. The highest BCUT2D eigenvalue weighted by atomic mass is 32.1. The van der Waals surface area contributed by atoms with Crippen molar-refractivity contribution < 1.29 is 9.59 Å². The molecule has 0 radical (unpaired) electrons. The fourth-order valence-electron chi connectivity index (χ4n) is 2.43. The summed E-state index contributed by atoms with van der Waals surface area (Å²) in [6.45, 7) is 6.77. The third-order valence-electron chi connectivity index (χ3n) is 3.54. The monoisotopic (exact) mass is 374 g/mol. The van der Waals surface area contributed by atoms with Crippen LogP contribution < -0.4 is 10.6 Å². The van der Waals surface area contributed by atoms with Crippen molar-refractivity contribution in [3.8, 4) is 0 Å². The van der Waals surface area contributed by atoms with Crippen LogP contribution in [0.5, 0.6) is 0 Å². The fraction of sp³-hybridized carbons (Fsp3) is 0.421. The molecule has 2 amide bonds. The van der Waals surface area contributed by atoms with E-state index in [0.29, 0.717) is 13.1 Å². The van der Waals surface area contributed by atoms with E-state index in [-0.39, 0.29) is 24.3 Å². The zero-order valence-corrected chi connectivity index (χ0v) is 16.5. The summed E-state index contributed by atoms with van der Waals surface area (Å²) < 4.78 is 0. The van der Waals surface area contributed by atoms with Crippen LogP contribution in [0.1, 0.15) is 30.1 Å². The number of hydrogen-bond acceptors (Lipinski definition) is 5. The molecule has 1 aromatic heterocycles. The Kier molecular flexibility index (Phi) is 7.29. The summed E-state index contributed by atoms with van der Waals surface area (Å²) in [5.41, 5.74) is 2.81. The Hall–Kier alpha value is -2.25. The van der Waals surface area contributed by atoms with Crippen LogP contribution in [0.15, 0.2) is 29.6 Å². The van der Waals surface area contributed by atoms with E-state index in [4.69, 9.17) is 0 Å². The number of carbonyl (C=O) groups excluding carboxylic acids is 2. The second-order valence-electron chi connectivity index (χ2n) is 6.72. The molecular weight excluding hydrogens is 348 g/mol. The number of aromatic nitrogens is 1. The molecule has 2 N–H and O–H groups in total. The van der Waals surface area contributed by atoms with Crippen LogP contribution in [0.2, 0.25) is 0 Å². The molecule has 0 spiro atoms. The molecule has 0 fully saturated rings. The number of benzene rings is 1. The van der Waals surface area contributed by atoms with E-state index in [1.54, 1.807) is 0 Å². The number of nitrogens with one attached hydrogen (secondary N) is 2. The van der Waals surface area contributed by atoms with Crippen LogP contribution in [-0.4, -0.2) is 41.3 Å². The Morgan fingerprint density at radius 3 is 2.54 bits per heavy atom. The molecule has 2 rings (SSSR count). The van der Waals surface area contributed by atoms with Gasteiger partial charge in [-0.25, -0.2) is 4.98 Å². The molecular formula is C19H26N4O2S. The SMILES string of the molecule is Cc1ccc(NC(=O)Cc2nc(CN(C)CC(=O)NC(C)C)cs2)cc1. The van der Waals surface area contributed by atoms with Crippen LogP contribution in [0.25, 0.3) is 0 Å². The van der Waals surface area contributed by atoms with Crippen LogP contribution >= 0.6 is 11.3 Å². The van der Waals surface area contributed by atoms with Gasteiger partial charge in [0.1, 0.15) is 5.01 Å². The van der Waals surface area contributed by atoms with Crippen molar-refractivity contribution in [3.05, 3.63) is 45.9 Å². The molecule has 0 aliphatic carbocycles. The van der Waals surface area contributed by atoms with Gasteiger partial charge in [-0.05, 0) is 40.0 Å². The van der Waals surface area contributed by atoms with Gasteiger partial charge in [0.15, 0.2) is 0 Å². The van der Waals surface area contributed by atoms with Gasteiger partial charge in [-0.1, -0.05) is 17.7 Å². The maximum atomic E-state index is 12.1. The molecule has 0 saturated carbocycles. The quantitative estimate of drug-likeness (QED) is 0.745. The average molecular weight is 375 g/mol. The Morgan fingerprint density at radius 1 is 1.19 bits per heavy atom. The number of aryl methyl sites for hydroxylation is 1. The van der Waals surface area contributed by atoms with Crippen molar-refractivity contribution in [3.63, 3.8) is 0 Å². The van der Waals surface area contributed by atoms with Gasteiger partial charge in [0.05, 0.1) is 18.7 Å². The van der Waals surface area contributed by atoms with Crippen molar-refractivity contribution in [2.75, 3.05) is 18.9 Å². The molecule has 0 saturated heterocycles. The maximum absolute atomic E-state index is 12.1. The predicted octanol–water partition coefficient (Wildman–Crippen LogP) is 2.59. The summed E-state index contributed by atoms with van der Waals surface area (Å²) in [7, 11) is 1.88. The molecule has 1 heterocycles. The van der Waals surface area contributed by atoms with Crippen LogP contribution in [0.3, 0.4) is 0 Å². The van der Waals surface area contributed by atoms with Gasteiger partial charge in [-0.2, -0.15) is 0 Å². The first-order valence-electron chi connectivity index (χ1n) is 8.59. The average Bonchev–Trinajstić information content (AvgIpc) is 2.95. The largest absolute Gasteiger partial charge is 0.353 e. The summed E-state index contributed by atoms with van der Waals surface area (Å²) in [6, 6.07) is 7.83. The molecule has 0 bridgehead atoms.